The van der Waals surface area contributed by atoms with Crippen LogP contribution in [0.2, 0.25) is 10.0 Å². The number of ether oxygens (including phenoxy) is 2. The fourth-order valence-corrected chi connectivity index (χ4v) is 1.88. The van der Waals surface area contributed by atoms with Crippen LogP contribution in [0.4, 0.5) is 4.79 Å². The van der Waals surface area contributed by atoms with E-state index >= 15 is 0 Å². The van der Waals surface area contributed by atoms with E-state index in [0.717, 1.165) is 0 Å². The first-order valence-corrected chi connectivity index (χ1v) is 7.07. The number of rotatable bonds is 5. The van der Waals surface area contributed by atoms with Gasteiger partial charge in [-0.15, -0.1) is 0 Å². The number of halogens is 2. The third-order valence-electron chi connectivity index (χ3n) is 2.09. The minimum absolute atomic E-state index is 0.428. The molecule has 1 rings (SSSR count). The number of carbonyl (C=O) groups is 1. The van der Waals surface area contributed by atoms with Crippen molar-refractivity contribution in [3.63, 3.8) is 0 Å². The molecule has 0 bridgehead atoms. The Bertz CT molecular complexity index is 438. The third kappa shape index (κ3) is 7.46. The van der Waals surface area contributed by atoms with Gasteiger partial charge in [0.1, 0.15) is 11.4 Å². The number of carbonyl (C=O) groups excluding carboxylic acids is 1. The molecule has 0 fully saturated rings. The summed E-state index contributed by atoms with van der Waals surface area (Å²) in [6.45, 7) is 6.38. The maximum absolute atomic E-state index is 11.4. The first-order valence-electron chi connectivity index (χ1n) is 6.32. The lowest BCUT2D eigenvalue weighted by atomic mass is 10.2. The zero-order chi connectivity index (χ0) is 15.2. The van der Waals surface area contributed by atoms with E-state index in [1.807, 2.05) is 20.8 Å². The molecule has 4 nitrogen and oxygen atoms in total. The summed E-state index contributed by atoms with van der Waals surface area (Å²) in [6, 6.07) is 5.02. The molecule has 6 heteroatoms. The second kappa shape index (κ2) is 7.60. The fraction of sp³-hybridized carbons (Fsp3) is 0.500. The molecule has 0 heterocycles. The van der Waals surface area contributed by atoms with Crippen molar-refractivity contribution < 1.29 is 14.3 Å². The number of amides is 1. The van der Waals surface area contributed by atoms with E-state index in [9.17, 15) is 4.79 Å². The molecule has 0 aliphatic heterocycles. The van der Waals surface area contributed by atoms with Gasteiger partial charge in [-0.2, -0.15) is 0 Å². The molecule has 1 N–H and O–H groups in total. The molecule has 20 heavy (non-hydrogen) atoms. The Balaban J connectivity index is 2.20. The second-order valence-corrected chi connectivity index (χ2v) is 6.11. The van der Waals surface area contributed by atoms with Crippen LogP contribution in [0.1, 0.15) is 27.2 Å². The highest BCUT2D eigenvalue weighted by Gasteiger charge is 2.15. The van der Waals surface area contributed by atoms with E-state index in [0.29, 0.717) is 35.4 Å². The molecule has 0 aliphatic carbocycles. The Labute approximate surface area is 129 Å². The summed E-state index contributed by atoms with van der Waals surface area (Å²) in [5.41, 5.74) is -0.488. The maximum Gasteiger partial charge on any atom is 0.407 e. The Morgan fingerprint density at radius 3 is 2.35 bits per heavy atom. The van der Waals surface area contributed by atoms with Crippen LogP contribution in [0.3, 0.4) is 0 Å². The molecule has 0 saturated carbocycles. The summed E-state index contributed by atoms with van der Waals surface area (Å²) < 4.78 is 10.6. The maximum atomic E-state index is 11.4. The summed E-state index contributed by atoms with van der Waals surface area (Å²) in [5, 5.41) is 3.71. The number of hydrogen-bond donors (Lipinski definition) is 1. The van der Waals surface area contributed by atoms with E-state index in [-0.39, 0.29) is 0 Å². The van der Waals surface area contributed by atoms with Crippen molar-refractivity contribution in [2.75, 3.05) is 13.2 Å². The van der Waals surface area contributed by atoms with Gasteiger partial charge in [-0.05, 0) is 45.4 Å². The average molecular weight is 320 g/mol. The Hall–Kier alpha value is -1.13. The van der Waals surface area contributed by atoms with Gasteiger partial charge in [-0.1, -0.05) is 23.2 Å². The third-order valence-corrected chi connectivity index (χ3v) is 2.53. The predicted molar refractivity (Wildman–Crippen MR) is 80.8 cm³/mol. The molecule has 0 radical (unpaired) electrons. The molecule has 0 atom stereocenters. The fourth-order valence-electron chi connectivity index (χ4n) is 1.38. The first kappa shape index (κ1) is 16.9. The first-order chi connectivity index (χ1) is 9.26. The van der Waals surface area contributed by atoms with Crippen LogP contribution in [-0.2, 0) is 4.74 Å². The molecule has 0 saturated heterocycles. The second-order valence-electron chi connectivity index (χ2n) is 5.24. The standard InChI is InChI=1S/C14H19Cl2NO3/c1-14(2,3)20-13(18)17-5-4-6-19-12-8-10(15)7-11(16)9-12/h7-9H,4-6H2,1-3H3,(H,17,18). The van der Waals surface area contributed by atoms with Crippen LogP contribution in [0.15, 0.2) is 18.2 Å². The van der Waals surface area contributed by atoms with Gasteiger partial charge in [0.25, 0.3) is 0 Å². The molecule has 1 aromatic carbocycles. The van der Waals surface area contributed by atoms with Crippen LogP contribution in [0, 0.1) is 0 Å². The molecule has 112 valence electrons. The van der Waals surface area contributed by atoms with Gasteiger partial charge in [-0.25, -0.2) is 4.79 Å². The zero-order valence-corrected chi connectivity index (χ0v) is 13.3. The summed E-state index contributed by atoms with van der Waals surface area (Å²) >= 11 is 11.7. The smallest absolute Gasteiger partial charge is 0.407 e. The van der Waals surface area contributed by atoms with Crippen molar-refractivity contribution in [2.24, 2.45) is 0 Å². The molecule has 0 aromatic heterocycles. The van der Waals surface area contributed by atoms with Gasteiger partial charge in [0.05, 0.1) is 6.61 Å². The van der Waals surface area contributed by atoms with E-state index in [1.54, 1.807) is 18.2 Å². The molecular weight excluding hydrogens is 301 g/mol. The highest BCUT2D eigenvalue weighted by Crippen LogP contribution is 2.24. The monoisotopic (exact) mass is 319 g/mol. The Morgan fingerprint density at radius 2 is 1.80 bits per heavy atom. The number of alkyl carbamates (subject to hydrolysis) is 1. The van der Waals surface area contributed by atoms with Crippen LogP contribution in [0.5, 0.6) is 5.75 Å². The summed E-state index contributed by atoms with van der Waals surface area (Å²) in [5.74, 6) is 0.611. The predicted octanol–water partition coefficient (Wildman–Crippen LogP) is 4.29. The van der Waals surface area contributed by atoms with Gasteiger partial charge >= 0.3 is 6.09 Å². The van der Waals surface area contributed by atoms with E-state index < -0.39 is 11.7 Å². The van der Waals surface area contributed by atoms with Crippen LogP contribution in [0.25, 0.3) is 0 Å². The summed E-state index contributed by atoms with van der Waals surface area (Å²) in [6.07, 6.45) is 0.229. The van der Waals surface area contributed by atoms with Crippen molar-refractivity contribution in [1.29, 1.82) is 0 Å². The van der Waals surface area contributed by atoms with Gasteiger partial charge in [0.15, 0.2) is 0 Å². The van der Waals surface area contributed by atoms with Crippen molar-refractivity contribution in [3.8, 4) is 5.75 Å². The Kier molecular flexibility index (Phi) is 6.43. The van der Waals surface area contributed by atoms with Gasteiger partial charge in [0, 0.05) is 16.6 Å². The number of benzene rings is 1. The van der Waals surface area contributed by atoms with Crippen molar-refractivity contribution in [2.45, 2.75) is 32.8 Å². The zero-order valence-electron chi connectivity index (χ0n) is 11.8. The van der Waals surface area contributed by atoms with Crippen LogP contribution < -0.4 is 10.1 Å². The minimum Gasteiger partial charge on any atom is -0.493 e. The van der Waals surface area contributed by atoms with Crippen molar-refractivity contribution >= 4 is 29.3 Å². The molecule has 0 aliphatic rings. The molecule has 0 unspecified atom stereocenters. The van der Waals surface area contributed by atoms with Crippen molar-refractivity contribution in [1.82, 2.24) is 5.32 Å². The normalized spacial score (nSPS) is 11.1. The number of nitrogens with one attached hydrogen (secondary N) is 1. The SMILES string of the molecule is CC(C)(C)OC(=O)NCCCOc1cc(Cl)cc(Cl)c1. The lowest BCUT2D eigenvalue weighted by molar-refractivity contribution is 0.0525. The minimum atomic E-state index is -0.488. The topological polar surface area (TPSA) is 47.6 Å². The molecule has 1 amide bonds. The largest absolute Gasteiger partial charge is 0.493 e. The van der Waals surface area contributed by atoms with Crippen LogP contribution in [-0.4, -0.2) is 24.8 Å². The lowest BCUT2D eigenvalue weighted by Crippen LogP contribution is -2.33. The highest BCUT2D eigenvalue weighted by atomic mass is 35.5. The molecule has 0 spiro atoms. The Morgan fingerprint density at radius 1 is 1.20 bits per heavy atom. The van der Waals surface area contributed by atoms with E-state index in [4.69, 9.17) is 32.7 Å². The van der Waals surface area contributed by atoms with Crippen molar-refractivity contribution in [3.05, 3.63) is 28.2 Å². The summed E-state index contributed by atoms with van der Waals surface area (Å²) in [4.78, 5) is 11.4. The van der Waals surface area contributed by atoms with Gasteiger partial charge < -0.3 is 14.8 Å². The van der Waals surface area contributed by atoms with E-state index in [1.165, 1.54) is 0 Å². The van der Waals surface area contributed by atoms with Gasteiger partial charge in [0.2, 0.25) is 0 Å². The highest BCUT2D eigenvalue weighted by molar-refractivity contribution is 6.34. The van der Waals surface area contributed by atoms with E-state index in [2.05, 4.69) is 5.32 Å². The molecule has 1 aromatic rings. The summed E-state index contributed by atoms with van der Waals surface area (Å²) in [7, 11) is 0. The lowest BCUT2D eigenvalue weighted by Gasteiger charge is -2.19. The molecular formula is C14H19Cl2NO3. The van der Waals surface area contributed by atoms with Crippen LogP contribution >= 0.6 is 23.2 Å². The average Bonchev–Trinajstić information content (AvgIpc) is 2.24. The number of hydrogen-bond acceptors (Lipinski definition) is 3. The quantitative estimate of drug-likeness (QED) is 0.824. The van der Waals surface area contributed by atoms with Gasteiger partial charge in [-0.3, -0.25) is 0 Å².